The number of fused-ring (bicyclic) bond motifs is 3. The van der Waals surface area contributed by atoms with Gasteiger partial charge in [-0.25, -0.2) is 0 Å². The number of ketones is 1. The molecule has 1 N–H and O–H groups in total. The minimum Gasteiger partial charge on any atom is -0.322 e. The maximum absolute atomic E-state index is 12.5. The van der Waals surface area contributed by atoms with E-state index in [9.17, 15) is 9.59 Å². The average Bonchev–Trinajstić information content (AvgIpc) is 2.88. The highest BCUT2D eigenvalue weighted by molar-refractivity contribution is 9.10. The van der Waals surface area contributed by atoms with E-state index in [0.717, 1.165) is 15.6 Å². The summed E-state index contributed by atoms with van der Waals surface area (Å²) in [6.07, 6.45) is 0. The molecule has 0 unspecified atom stereocenters. The Bertz CT molecular complexity index is 994. The number of carbonyl (C=O) groups is 2. The van der Waals surface area contributed by atoms with Crippen LogP contribution in [0.15, 0.2) is 71.2 Å². The second kappa shape index (κ2) is 5.73. The van der Waals surface area contributed by atoms with Crippen molar-refractivity contribution < 1.29 is 9.59 Å². The monoisotopic (exact) mass is 377 g/mol. The van der Waals surface area contributed by atoms with Crippen LogP contribution in [0.3, 0.4) is 0 Å². The first-order chi connectivity index (χ1) is 11.6. The van der Waals surface area contributed by atoms with Crippen LogP contribution in [0.1, 0.15) is 26.3 Å². The van der Waals surface area contributed by atoms with Crippen molar-refractivity contribution in [1.82, 2.24) is 0 Å². The topological polar surface area (TPSA) is 46.2 Å². The lowest BCUT2D eigenvalue weighted by atomic mass is 10.0. The molecule has 0 heterocycles. The molecule has 0 bridgehead atoms. The van der Waals surface area contributed by atoms with Gasteiger partial charge in [0.05, 0.1) is 0 Å². The molecule has 1 amide bonds. The third kappa shape index (κ3) is 2.45. The maximum Gasteiger partial charge on any atom is 0.255 e. The lowest BCUT2D eigenvalue weighted by molar-refractivity contribution is 0.102. The molecule has 0 spiro atoms. The van der Waals surface area contributed by atoms with Crippen molar-refractivity contribution in [1.29, 1.82) is 0 Å². The molecule has 0 radical (unpaired) electrons. The van der Waals surface area contributed by atoms with Gasteiger partial charge in [-0.1, -0.05) is 52.3 Å². The molecule has 0 aromatic heterocycles. The van der Waals surface area contributed by atoms with E-state index in [1.807, 2.05) is 54.6 Å². The largest absolute Gasteiger partial charge is 0.322 e. The second-order valence-electron chi connectivity index (χ2n) is 5.60. The Balaban J connectivity index is 1.67. The number of hydrogen-bond acceptors (Lipinski definition) is 2. The van der Waals surface area contributed by atoms with Crippen molar-refractivity contribution in [2.24, 2.45) is 0 Å². The Hall–Kier alpha value is -2.72. The Morgan fingerprint density at radius 2 is 1.54 bits per heavy atom. The van der Waals surface area contributed by atoms with Crippen LogP contribution in [0.5, 0.6) is 0 Å². The van der Waals surface area contributed by atoms with Gasteiger partial charge in [0.25, 0.3) is 5.91 Å². The third-order valence-corrected chi connectivity index (χ3v) is 4.56. The average molecular weight is 378 g/mol. The van der Waals surface area contributed by atoms with E-state index in [1.165, 1.54) is 0 Å². The zero-order chi connectivity index (χ0) is 16.7. The first kappa shape index (κ1) is 14.8. The molecule has 4 rings (SSSR count). The molecular weight excluding hydrogens is 366 g/mol. The Morgan fingerprint density at radius 1 is 0.792 bits per heavy atom. The van der Waals surface area contributed by atoms with Crippen molar-refractivity contribution in [3.63, 3.8) is 0 Å². The highest BCUT2D eigenvalue weighted by Gasteiger charge is 2.26. The van der Waals surface area contributed by atoms with Gasteiger partial charge < -0.3 is 5.32 Å². The summed E-state index contributed by atoms with van der Waals surface area (Å²) in [6.45, 7) is 0. The summed E-state index contributed by atoms with van der Waals surface area (Å²) in [6, 6.07) is 20.2. The van der Waals surface area contributed by atoms with Crippen LogP contribution in [0.2, 0.25) is 0 Å². The molecular formula is C20H12BrNO2. The molecule has 0 saturated heterocycles. The number of nitrogens with one attached hydrogen (secondary N) is 1. The van der Waals surface area contributed by atoms with Crippen molar-refractivity contribution in [2.45, 2.75) is 0 Å². The van der Waals surface area contributed by atoms with Gasteiger partial charge in [0, 0.05) is 26.9 Å². The van der Waals surface area contributed by atoms with Crippen molar-refractivity contribution in [3.8, 4) is 11.1 Å². The van der Waals surface area contributed by atoms with Crippen LogP contribution < -0.4 is 5.32 Å². The fraction of sp³-hybridized carbons (Fsp3) is 0. The Labute approximate surface area is 147 Å². The minimum atomic E-state index is -0.236. The highest BCUT2D eigenvalue weighted by atomic mass is 79.9. The van der Waals surface area contributed by atoms with Crippen LogP contribution in [0.25, 0.3) is 11.1 Å². The van der Waals surface area contributed by atoms with Crippen LogP contribution in [-0.4, -0.2) is 11.7 Å². The van der Waals surface area contributed by atoms with Gasteiger partial charge in [-0.2, -0.15) is 0 Å². The van der Waals surface area contributed by atoms with Gasteiger partial charge in [0.15, 0.2) is 5.78 Å². The van der Waals surface area contributed by atoms with Crippen molar-refractivity contribution >= 4 is 33.3 Å². The van der Waals surface area contributed by atoms with E-state index in [-0.39, 0.29) is 11.7 Å². The van der Waals surface area contributed by atoms with E-state index in [2.05, 4.69) is 21.2 Å². The number of carbonyl (C=O) groups excluding carboxylic acids is 2. The summed E-state index contributed by atoms with van der Waals surface area (Å²) in [5.41, 5.74) is 4.25. The van der Waals surface area contributed by atoms with E-state index in [4.69, 9.17) is 0 Å². The molecule has 0 aliphatic heterocycles. The number of halogens is 1. The predicted octanol–water partition coefficient (Wildman–Crippen LogP) is 4.91. The molecule has 24 heavy (non-hydrogen) atoms. The van der Waals surface area contributed by atoms with Gasteiger partial charge in [-0.05, 0) is 41.5 Å². The number of anilines is 1. The molecule has 4 heteroatoms. The van der Waals surface area contributed by atoms with Gasteiger partial charge in [-0.15, -0.1) is 0 Å². The molecule has 3 aromatic carbocycles. The SMILES string of the molecule is O=C(Nc1cccc(Br)c1)c1ccc2c(c1)C(=O)c1ccccc1-2. The second-order valence-corrected chi connectivity index (χ2v) is 6.52. The van der Waals surface area contributed by atoms with Crippen molar-refractivity contribution in [3.05, 3.63) is 87.9 Å². The van der Waals surface area contributed by atoms with Gasteiger partial charge in [0.2, 0.25) is 0 Å². The summed E-state index contributed by atoms with van der Waals surface area (Å²) in [4.78, 5) is 25.0. The molecule has 0 saturated carbocycles. The summed E-state index contributed by atoms with van der Waals surface area (Å²) < 4.78 is 0.889. The van der Waals surface area contributed by atoms with E-state index in [0.29, 0.717) is 22.4 Å². The normalized spacial score (nSPS) is 11.8. The third-order valence-electron chi connectivity index (χ3n) is 4.07. The summed E-state index contributed by atoms with van der Waals surface area (Å²) in [5, 5.41) is 2.85. The summed E-state index contributed by atoms with van der Waals surface area (Å²) in [5.74, 6) is -0.266. The Morgan fingerprint density at radius 3 is 2.33 bits per heavy atom. The number of rotatable bonds is 2. The van der Waals surface area contributed by atoms with Crippen molar-refractivity contribution in [2.75, 3.05) is 5.32 Å². The predicted molar refractivity (Wildman–Crippen MR) is 97.4 cm³/mol. The molecule has 3 aromatic rings. The quantitative estimate of drug-likeness (QED) is 0.539. The van der Waals surface area contributed by atoms with Crippen LogP contribution in [-0.2, 0) is 0 Å². The van der Waals surface area contributed by atoms with Crippen LogP contribution >= 0.6 is 15.9 Å². The first-order valence-electron chi connectivity index (χ1n) is 7.48. The van der Waals surface area contributed by atoms with E-state index in [1.54, 1.807) is 12.1 Å². The fourth-order valence-corrected chi connectivity index (χ4v) is 3.34. The molecule has 3 nitrogen and oxygen atoms in total. The highest BCUT2D eigenvalue weighted by Crippen LogP contribution is 2.36. The standard InChI is InChI=1S/C20H12BrNO2/c21-13-4-3-5-14(11-13)22-20(24)12-8-9-16-15-6-1-2-7-17(15)19(23)18(16)10-12/h1-11H,(H,22,24). The van der Waals surface area contributed by atoms with Gasteiger partial charge >= 0.3 is 0 Å². The maximum atomic E-state index is 12.5. The zero-order valence-electron chi connectivity index (χ0n) is 12.5. The smallest absolute Gasteiger partial charge is 0.255 e. The summed E-state index contributed by atoms with van der Waals surface area (Å²) >= 11 is 3.38. The zero-order valence-corrected chi connectivity index (χ0v) is 14.1. The number of amides is 1. The lowest BCUT2D eigenvalue weighted by Gasteiger charge is -2.07. The Kier molecular flexibility index (Phi) is 3.54. The minimum absolute atomic E-state index is 0.0299. The van der Waals surface area contributed by atoms with E-state index < -0.39 is 0 Å². The van der Waals surface area contributed by atoms with Crippen LogP contribution in [0.4, 0.5) is 5.69 Å². The fourth-order valence-electron chi connectivity index (χ4n) is 2.94. The molecule has 1 aliphatic carbocycles. The number of hydrogen-bond donors (Lipinski definition) is 1. The lowest BCUT2D eigenvalue weighted by Crippen LogP contribution is -2.12. The number of benzene rings is 3. The van der Waals surface area contributed by atoms with E-state index >= 15 is 0 Å². The van der Waals surface area contributed by atoms with Gasteiger partial charge in [0.1, 0.15) is 0 Å². The molecule has 0 atom stereocenters. The molecule has 116 valence electrons. The first-order valence-corrected chi connectivity index (χ1v) is 8.28. The van der Waals surface area contributed by atoms with Crippen LogP contribution in [0, 0.1) is 0 Å². The van der Waals surface area contributed by atoms with Gasteiger partial charge in [-0.3, -0.25) is 9.59 Å². The molecule has 0 fully saturated rings. The summed E-state index contributed by atoms with van der Waals surface area (Å²) in [7, 11) is 0. The molecule has 1 aliphatic rings.